The van der Waals surface area contributed by atoms with Gasteiger partial charge < -0.3 is 0 Å². The summed E-state index contributed by atoms with van der Waals surface area (Å²) < 4.78 is 0. The maximum atomic E-state index is 3.68. The lowest BCUT2D eigenvalue weighted by Gasteiger charge is -1.92. The third kappa shape index (κ3) is 4.13. The molecule has 0 atom stereocenters. The van der Waals surface area contributed by atoms with Gasteiger partial charge in [-0.25, -0.2) is 0 Å². The Bertz CT molecular complexity index is 159. The SMILES string of the molecule is C=C/C(C)=C\C(C)=C/CC. The summed E-state index contributed by atoms with van der Waals surface area (Å²) in [4.78, 5) is 0. The first-order valence-electron chi connectivity index (χ1n) is 3.68. The second-order valence-electron chi connectivity index (χ2n) is 2.45. The Kier molecular flexibility index (Phi) is 4.65. The summed E-state index contributed by atoms with van der Waals surface area (Å²) in [5, 5.41) is 0. The highest BCUT2D eigenvalue weighted by atomic mass is 13.9. The van der Waals surface area contributed by atoms with Gasteiger partial charge in [-0.3, -0.25) is 0 Å². The van der Waals surface area contributed by atoms with Gasteiger partial charge in [0.05, 0.1) is 0 Å². The van der Waals surface area contributed by atoms with Crippen LogP contribution in [0.4, 0.5) is 0 Å². The lowest BCUT2D eigenvalue weighted by Crippen LogP contribution is -1.71. The summed E-state index contributed by atoms with van der Waals surface area (Å²) in [5.74, 6) is 0. The summed E-state index contributed by atoms with van der Waals surface area (Å²) in [6, 6.07) is 0. The van der Waals surface area contributed by atoms with Crippen LogP contribution in [0.5, 0.6) is 0 Å². The van der Waals surface area contributed by atoms with Crippen molar-refractivity contribution in [3.63, 3.8) is 0 Å². The lowest BCUT2D eigenvalue weighted by atomic mass is 10.2. The average Bonchev–Trinajstić information content (AvgIpc) is 1.88. The van der Waals surface area contributed by atoms with E-state index in [0.29, 0.717) is 0 Å². The van der Waals surface area contributed by atoms with Crippen molar-refractivity contribution < 1.29 is 0 Å². The zero-order chi connectivity index (χ0) is 7.98. The minimum Gasteiger partial charge on any atom is -0.0988 e. The van der Waals surface area contributed by atoms with Crippen LogP contribution in [0, 0.1) is 0 Å². The third-order valence-corrected chi connectivity index (χ3v) is 1.30. The van der Waals surface area contributed by atoms with Gasteiger partial charge in [-0.2, -0.15) is 0 Å². The van der Waals surface area contributed by atoms with Crippen LogP contribution < -0.4 is 0 Å². The molecule has 0 N–H and O–H groups in total. The molecule has 0 spiro atoms. The first-order valence-corrected chi connectivity index (χ1v) is 3.68. The molecule has 0 aromatic carbocycles. The highest BCUT2D eigenvalue weighted by molar-refractivity contribution is 5.25. The minimum atomic E-state index is 1.10. The maximum absolute atomic E-state index is 3.68. The molecule has 0 amide bonds. The van der Waals surface area contributed by atoms with E-state index in [9.17, 15) is 0 Å². The van der Waals surface area contributed by atoms with E-state index < -0.39 is 0 Å². The van der Waals surface area contributed by atoms with E-state index in [1.54, 1.807) is 0 Å². The molecule has 0 unspecified atom stereocenters. The smallest absolute Gasteiger partial charge is 0.0374 e. The van der Waals surface area contributed by atoms with Crippen molar-refractivity contribution in [2.75, 3.05) is 0 Å². The van der Waals surface area contributed by atoms with Crippen LogP contribution in [-0.4, -0.2) is 0 Å². The molecule has 0 aliphatic rings. The molecule has 56 valence electrons. The van der Waals surface area contributed by atoms with E-state index >= 15 is 0 Å². The molecule has 0 heterocycles. The molecule has 0 saturated carbocycles. The fraction of sp³-hybridized carbons (Fsp3) is 0.400. The van der Waals surface area contributed by atoms with Crippen molar-refractivity contribution in [3.8, 4) is 0 Å². The largest absolute Gasteiger partial charge is 0.0988 e. The fourth-order valence-corrected chi connectivity index (χ4v) is 0.799. The van der Waals surface area contributed by atoms with Gasteiger partial charge in [-0.1, -0.05) is 42.9 Å². The molecule has 10 heavy (non-hydrogen) atoms. The zero-order valence-corrected chi connectivity index (χ0v) is 7.15. The van der Waals surface area contributed by atoms with Crippen LogP contribution in [0.25, 0.3) is 0 Å². The molecule has 0 aliphatic heterocycles. The molecule has 0 bridgehead atoms. The quantitative estimate of drug-likeness (QED) is 0.521. The van der Waals surface area contributed by atoms with Crippen molar-refractivity contribution in [2.45, 2.75) is 27.2 Å². The van der Waals surface area contributed by atoms with Gasteiger partial charge >= 0.3 is 0 Å². The topological polar surface area (TPSA) is 0 Å². The average molecular weight is 136 g/mol. The summed E-state index contributed by atoms with van der Waals surface area (Å²) in [7, 11) is 0. The second-order valence-corrected chi connectivity index (χ2v) is 2.45. The molecule has 0 aliphatic carbocycles. The van der Waals surface area contributed by atoms with Crippen LogP contribution in [0.1, 0.15) is 27.2 Å². The van der Waals surface area contributed by atoms with Gasteiger partial charge in [-0.15, -0.1) is 0 Å². The molecule has 0 heteroatoms. The molecule has 0 nitrogen and oxygen atoms in total. The van der Waals surface area contributed by atoms with E-state index in [4.69, 9.17) is 0 Å². The Balaban J connectivity index is 4.11. The van der Waals surface area contributed by atoms with Crippen molar-refractivity contribution in [3.05, 3.63) is 36.0 Å². The van der Waals surface area contributed by atoms with Crippen LogP contribution in [0.2, 0.25) is 0 Å². The molecule has 0 fully saturated rings. The van der Waals surface area contributed by atoms with Crippen molar-refractivity contribution in [1.82, 2.24) is 0 Å². The van der Waals surface area contributed by atoms with E-state index in [1.165, 1.54) is 11.1 Å². The molecule has 0 radical (unpaired) electrons. The Morgan fingerprint density at radius 1 is 1.30 bits per heavy atom. The van der Waals surface area contributed by atoms with Gasteiger partial charge in [0, 0.05) is 0 Å². The van der Waals surface area contributed by atoms with E-state index in [-0.39, 0.29) is 0 Å². The number of allylic oxidation sites excluding steroid dienone is 5. The van der Waals surface area contributed by atoms with Crippen molar-refractivity contribution in [2.24, 2.45) is 0 Å². The predicted octanol–water partition coefficient (Wildman–Crippen LogP) is 3.48. The van der Waals surface area contributed by atoms with Crippen LogP contribution in [0.15, 0.2) is 36.0 Å². The molecular formula is C10H16. The van der Waals surface area contributed by atoms with Crippen molar-refractivity contribution in [1.29, 1.82) is 0 Å². The molecule has 0 aromatic rings. The van der Waals surface area contributed by atoms with Gasteiger partial charge in [0.25, 0.3) is 0 Å². The Labute approximate surface area is 64.0 Å². The van der Waals surface area contributed by atoms with Crippen LogP contribution in [0.3, 0.4) is 0 Å². The second kappa shape index (κ2) is 5.04. The molecule has 0 rings (SSSR count). The van der Waals surface area contributed by atoms with Gasteiger partial charge in [-0.05, 0) is 20.3 Å². The summed E-state index contributed by atoms with van der Waals surface area (Å²) in [6.45, 7) is 9.98. The lowest BCUT2D eigenvalue weighted by molar-refractivity contribution is 1.19. The monoisotopic (exact) mass is 136 g/mol. The van der Waals surface area contributed by atoms with E-state index in [2.05, 4.69) is 39.5 Å². The number of rotatable bonds is 3. The number of hydrogen-bond acceptors (Lipinski definition) is 0. The standard InChI is InChI=1S/C10H16/c1-5-7-10(4)8-9(3)6-2/h6-8H,2,5H2,1,3-4H3/b9-8-,10-7-. The molecular weight excluding hydrogens is 120 g/mol. The summed E-state index contributed by atoms with van der Waals surface area (Å²) >= 11 is 0. The number of hydrogen-bond donors (Lipinski definition) is 0. The minimum absolute atomic E-state index is 1.10. The van der Waals surface area contributed by atoms with Crippen molar-refractivity contribution >= 4 is 0 Å². The van der Waals surface area contributed by atoms with Gasteiger partial charge in [0.2, 0.25) is 0 Å². The summed E-state index contributed by atoms with van der Waals surface area (Å²) in [6.07, 6.45) is 7.31. The first-order chi connectivity index (χ1) is 4.70. The van der Waals surface area contributed by atoms with E-state index in [1.807, 2.05) is 6.08 Å². The fourth-order valence-electron chi connectivity index (χ4n) is 0.799. The van der Waals surface area contributed by atoms with Gasteiger partial charge in [0.15, 0.2) is 0 Å². The normalized spacial score (nSPS) is 13.5. The van der Waals surface area contributed by atoms with Gasteiger partial charge in [0.1, 0.15) is 0 Å². The third-order valence-electron chi connectivity index (χ3n) is 1.30. The molecule has 0 saturated heterocycles. The first kappa shape index (κ1) is 9.22. The Morgan fingerprint density at radius 2 is 1.90 bits per heavy atom. The molecule has 0 aromatic heterocycles. The Hall–Kier alpha value is -0.780. The highest BCUT2D eigenvalue weighted by Crippen LogP contribution is 2.02. The highest BCUT2D eigenvalue weighted by Gasteiger charge is 1.81. The summed E-state index contributed by atoms with van der Waals surface area (Å²) in [5.41, 5.74) is 2.54. The van der Waals surface area contributed by atoms with Crippen LogP contribution in [-0.2, 0) is 0 Å². The van der Waals surface area contributed by atoms with Crippen LogP contribution >= 0.6 is 0 Å². The van der Waals surface area contributed by atoms with E-state index in [0.717, 1.165) is 6.42 Å². The predicted molar refractivity (Wildman–Crippen MR) is 48.0 cm³/mol. The zero-order valence-electron chi connectivity index (χ0n) is 7.15. The maximum Gasteiger partial charge on any atom is -0.0374 e. The Morgan fingerprint density at radius 3 is 2.30 bits per heavy atom.